The summed E-state index contributed by atoms with van der Waals surface area (Å²) in [6.07, 6.45) is 0. The molecule has 0 saturated carbocycles. The average molecular weight is 458 g/mol. The summed E-state index contributed by atoms with van der Waals surface area (Å²) in [7, 11) is 5.99. The zero-order chi connectivity index (χ0) is 23.3. The molecule has 3 rings (SSSR count). The Morgan fingerprint density at radius 2 is 1.72 bits per heavy atom. The van der Waals surface area contributed by atoms with Crippen LogP contribution in [-0.2, 0) is 0 Å². The maximum Gasteiger partial charge on any atom is 0.290 e. The second kappa shape index (κ2) is 10.1. The predicted octanol–water partition coefficient (Wildman–Crippen LogP) is 2.46. The Bertz CT molecular complexity index is 1110. The van der Waals surface area contributed by atoms with Gasteiger partial charge < -0.3 is 24.8 Å². The summed E-state index contributed by atoms with van der Waals surface area (Å²) < 4.78 is 15.9. The first-order valence-corrected chi connectivity index (χ1v) is 9.97. The zero-order valence-corrected chi connectivity index (χ0v) is 18.8. The van der Waals surface area contributed by atoms with E-state index >= 15 is 0 Å². The number of rotatable bonds is 8. The van der Waals surface area contributed by atoms with E-state index < -0.39 is 11.2 Å². The minimum Gasteiger partial charge on any atom is -0.493 e. The van der Waals surface area contributed by atoms with E-state index in [1.807, 2.05) is 0 Å². The lowest BCUT2D eigenvalue weighted by atomic mass is 10.1. The quantitative estimate of drug-likeness (QED) is 0.383. The number of hydrogen-bond acceptors (Lipinski definition) is 8. The van der Waals surface area contributed by atoms with E-state index in [0.717, 1.165) is 0 Å². The summed E-state index contributed by atoms with van der Waals surface area (Å²) in [6.45, 7) is 0. The average Bonchev–Trinajstić information content (AvgIpc) is 3.32. The Labute approximate surface area is 190 Å². The summed E-state index contributed by atoms with van der Waals surface area (Å²) in [5.41, 5.74) is 1.58. The number of nitrogens with zero attached hydrogens (tertiary/aromatic N) is 2. The fraction of sp³-hybridized carbons (Fsp3) is 0.238. The van der Waals surface area contributed by atoms with Crippen molar-refractivity contribution < 1.29 is 23.8 Å². The summed E-state index contributed by atoms with van der Waals surface area (Å²) in [5, 5.41) is 11.3. The maximum absolute atomic E-state index is 12.9. The van der Waals surface area contributed by atoms with Crippen LogP contribution in [0.15, 0.2) is 36.4 Å². The molecule has 1 aromatic heterocycles. The van der Waals surface area contributed by atoms with Gasteiger partial charge in [-0.25, -0.2) is 4.98 Å². The summed E-state index contributed by atoms with van der Waals surface area (Å²) >= 11 is 4.57. The SMILES string of the molecule is CNC(=O)c1n[nH]c(C(S)c2cccc(C(=O)Nc3cc(OC)c(OC)c(OC)c3)c2)n1. The van der Waals surface area contributed by atoms with Crippen LogP contribution in [0.25, 0.3) is 0 Å². The molecule has 10 nitrogen and oxygen atoms in total. The second-order valence-electron chi connectivity index (χ2n) is 6.52. The van der Waals surface area contributed by atoms with Gasteiger partial charge in [0.05, 0.1) is 26.6 Å². The Morgan fingerprint density at radius 1 is 1.03 bits per heavy atom. The topological polar surface area (TPSA) is 127 Å². The molecule has 32 heavy (non-hydrogen) atoms. The van der Waals surface area contributed by atoms with Gasteiger partial charge in [-0.15, -0.1) is 5.10 Å². The molecule has 2 amide bonds. The van der Waals surface area contributed by atoms with Crippen LogP contribution in [0.4, 0.5) is 5.69 Å². The first-order chi connectivity index (χ1) is 15.4. The normalized spacial score (nSPS) is 11.4. The van der Waals surface area contributed by atoms with Crippen LogP contribution in [0.1, 0.15) is 37.6 Å². The van der Waals surface area contributed by atoms with Gasteiger partial charge in [-0.05, 0) is 17.7 Å². The molecule has 3 N–H and O–H groups in total. The standard InChI is InChI=1S/C21H23N5O5S/c1-22-21(28)19-24-18(25-26-19)17(32)11-6-5-7-12(8-11)20(27)23-13-9-14(29-2)16(31-4)15(10-13)30-3/h5-10,17,32H,1-4H3,(H,22,28)(H,23,27)(H,24,25,26). The van der Waals surface area contributed by atoms with Crippen LogP contribution in [0.5, 0.6) is 17.2 Å². The third-order valence-corrected chi connectivity index (χ3v) is 5.12. The third-order valence-electron chi connectivity index (χ3n) is 4.58. The monoisotopic (exact) mass is 457 g/mol. The molecule has 0 aliphatic rings. The van der Waals surface area contributed by atoms with Gasteiger partial charge in [0.1, 0.15) is 5.82 Å². The highest BCUT2D eigenvalue weighted by Gasteiger charge is 2.19. The highest BCUT2D eigenvalue weighted by molar-refractivity contribution is 7.80. The lowest BCUT2D eigenvalue weighted by molar-refractivity contribution is 0.0952. The largest absolute Gasteiger partial charge is 0.493 e. The van der Waals surface area contributed by atoms with E-state index in [4.69, 9.17) is 14.2 Å². The first-order valence-electron chi connectivity index (χ1n) is 9.45. The van der Waals surface area contributed by atoms with Crippen molar-refractivity contribution in [3.8, 4) is 17.2 Å². The molecule has 2 aromatic carbocycles. The Balaban J connectivity index is 1.83. The Morgan fingerprint density at radius 3 is 2.31 bits per heavy atom. The maximum atomic E-state index is 12.9. The number of anilines is 1. The van der Waals surface area contributed by atoms with Gasteiger partial charge >= 0.3 is 0 Å². The van der Waals surface area contributed by atoms with Crippen LogP contribution >= 0.6 is 12.6 Å². The molecule has 1 atom stereocenters. The number of nitrogens with one attached hydrogen (secondary N) is 3. The molecular formula is C21H23N5O5S. The molecule has 0 aliphatic carbocycles. The van der Waals surface area contributed by atoms with Crippen molar-refractivity contribution in [3.05, 3.63) is 59.2 Å². The minimum atomic E-state index is -0.519. The predicted molar refractivity (Wildman–Crippen MR) is 121 cm³/mol. The first kappa shape index (κ1) is 22.9. The molecule has 0 bridgehead atoms. The number of carbonyl (C=O) groups is 2. The van der Waals surface area contributed by atoms with Crippen LogP contribution in [0.3, 0.4) is 0 Å². The molecule has 1 heterocycles. The van der Waals surface area contributed by atoms with Crippen molar-refractivity contribution in [3.63, 3.8) is 0 Å². The number of aromatic amines is 1. The van der Waals surface area contributed by atoms with Gasteiger partial charge in [0, 0.05) is 30.4 Å². The van der Waals surface area contributed by atoms with Crippen molar-refractivity contribution in [2.45, 2.75) is 5.25 Å². The highest BCUT2D eigenvalue weighted by atomic mass is 32.1. The number of ether oxygens (including phenoxy) is 3. The second-order valence-corrected chi connectivity index (χ2v) is 7.04. The van der Waals surface area contributed by atoms with E-state index in [1.54, 1.807) is 36.4 Å². The van der Waals surface area contributed by atoms with Gasteiger partial charge in [0.2, 0.25) is 11.6 Å². The molecule has 0 fully saturated rings. The van der Waals surface area contributed by atoms with E-state index in [1.165, 1.54) is 28.4 Å². The fourth-order valence-electron chi connectivity index (χ4n) is 2.97. The number of H-pyrrole nitrogens is 1. The van der Waals surface area contributed by atoms with E-state index in [2.05, 4.69) is 38.4 Å². The highest BCUT2D eigenvalue weighted by Crippen LogP contribution is 2.40. The van der Waals surface area contributed by atoms with E-state index in [0.29, 0.717) is 39.9 Å². The van der Waals surface area contributed by atoms with E-state index in [-0.39, 0.29) is 11.7 Å². The molecule has 3 aromatic rings. The molecule has 1 unspecified atom stereocenters. The molecule has 168 valence electrons. The summed E-state index contributed by atoms with van der Waals surface area (Å²) in [5.74, 6) is 0.909. The van der Waals surface area contributed by atoms with Gasteiger partial charge in [-0.3, -0.25) is 14.7 Å². The number of benzene rings is 2. The molecular weight excluding hydrogens is 434 g/mol. The number of methoxy groups -OCH3 is 3. The Kier molecular flexibility index (Phi) is 7.21. The van der Waals surface area contributed by atoms with Gasteiger partial charge in [0.15, 0.2) is 11.5 Å². The van der Waals surface area contributed by atoms with Gasteiger partial charge in [0.25, 0.3) is 11.8 Å². The molecule has 0 aliphatic heterocycles. The number of hydrogen-bond donors (Lipinski definition) is 4. The lowest BCUT2D eigenvalue weighted by Crippen LogP contribution is -2.19. The summed E-state index contributed by atoms with van der Waals surface area (Å²) in [4.78, 5) is 28.7. The zero-order valence-electron chi connectivity index (χ0n) is 17.9. The molecule has 11 heteroatoms. The minimum absolute atomic E-state index is 0.0119. The van der Waals surface area contributed by atoms with Crippen LogP contribution < -0.4 is 24.8 Å². The lowest BCUT2D eigenvalue weighted by Gasteiger charge is -2.15. The van der Waals surface area contributed by atoms with Gasteiger partial charge in [-0.2, -0.15) is 12.6 Å². The molecule has 0 saturated heterocycles. The molecule has 0 radical (unpaired) electrons. The van der Waals surface area contributed by atoms with Crippen LogP contribution in [0.2, 0.25) is 0 Å². The Hall–Kier alpha value is -3.73. The van der Waals surface area contributed by atoms with Crippen LogP contribution in [-0.4, -0.2) is 55.4 Å². The number of carbonyl (C=O) groups excluding carboxylic acids is 2. The van der Waals surface area contributed by atoms with E-state index in [9.17, 15) is 9.59 Å². The molecule has 0 spiro atoms. The third kappa shape index (κ3) is 4.78. The van der Waals surface area contributed by atoms with Crippen LogP contribution in [0, 0.1) is 0 Å². The smallest absolute Gasteiger partial charge is 0.290 e. The number of aromatic nitrogens is 3. The van der Waals surface area contributed by atoms with Crippen molar-refractivity contribution in [2.24, 2.45) is 0 Å². The fourth-order valence-corrected chi connectivity index (χ4v) is 3.25. The number of thiol groups is 1. The van der Waals surface area contributed by atoms with Crippen molar-refractivity contribution in [1.82, 2.24) is 20.5 Å². The summed E-state index contributed by atoms with van der Waals surface area (Å²) in [6, 6.07) is 10.2. The van der Waals surface area contributed by atoms with Gasteiger partial charge in [-0.1, -0.05) is 12.1 Å². The van der Waals surface area contributed by atoms with Crippen molar-refractivity contribution >= 4 is 30.1 Å². The van der Waals surface area contributed by atoms with Crippen molar-refractivity contribution in [2.75, 3.05) is 33.7 Å². The van der Waals surface area contributed by atoms with Crippen molar-refractivity contribution in [1.29, 1.82) is 0 Å². The number of amides is 2.